The van der Waals surface area contributed by atoms with Crippen LogP contribution in [0.15, 0.2) is 22.7 Å². The molecule has 104 valence electrons. The third-order valence-corrected chi connectivity index (χ3v) is 2.63. The summed E-state index contributed by atoms with van der Waals surface area (Å²) in [5.41, 5.74) is 0.484. The first kappa shape index (κ1) is 13.6. The zero-order chi connectivity index (χ0) is 14.7. The molecule has 7 heteroatoms. The van der Waals surface area contributed by atoms with Crippen molar-refractivity contribution in [2.24, 2.45) is 0 Å². The minimum Gasteiger partial charge on any atom is -0.493 e. The standard InChI is InChI=1S/C13H11NO6/c1-18-11-4-7(6-15)3-8(12(11)19-2)10-5-9(13(16)17)14-20-10/h3-6H,1-2H3,(H,16,17). The Morgan fingerprint density at radius 3 is 2.55 bits per heavy atom. The van der Waals surface area contributed by atoms with Gasteiger partial charge in [-0.3, -0.25) is 4.79 Å². The SMILES string of the molecule is COc1cc(C=O)cc(-c2cc(C(=O)O)no2)c1OC. The Labute approximate surface area is 113 Å². The highest BCUT2D eigenvalue weighted by Crippen LogP contribution is 2.39. The average molecular weight is 277 g/mol. The normalized spacial score (nSPS) is 10.1. The minimum atomic E-state index is -1.21. The molecular formula is C13H11NO6. The smallest absolute Gasteiger partial charge is 0.358 e. The van der Waals surface area contributed by atoms with Gasteiger partial charge in [-0.25, -0.2) is 4.79 Å². The third-order valence-electron chi connectivity index (χ3n) is 2.63. The van der Waals surface area contributed by atoms with Gasteiger partial charge in [-0.1, -0.05) is 5.16 Å². The van der Waals surface area contributed by atoms with Gasteiger partial charge in [0.25, 0.3) is 0 Å². The lowest BCUT2D eigenvalue weighted by atomic mass is 10.1. The van der Waals surface area contributed by atoms with Crippen LogP contribution in [0.25, 0.3) is 11.3 Å². The van der Waals surface area contributed by atoms with Crippen molar-refractivity contribution in [3.63, 3.8) is 0 Å². The highest BCUT2D eigenvalue weighted by molar-refractivity contribution is 5.88. The maximum Gasteiger partial charge on any atom is 0.358 e. The molecule has 1 aromatic heterocycles. The lowest BCUT2D eigenvalue weighted by Gasteiger charge is -2.11. The molecule has 0 unspecified atom stereocenters. The summed E-state index contributed by atoms with van der Waals surface area (Å²) in [5.74, 6) is -0.384. The van der Waals surface area contributed by atoms with Crippen LogP contribution in [0.1, 0.15) is 20.8 Å². The van der Waals surface area contributed by atoms with E-state index in [0.29, 0.717) is 28.9 Å². The maximum absolute atomic E-state index is 10.9. The molecule has 0 atom stereocenters. The monoisotopic (exact) mass is 277 g/mol. The molecule has 0 aliphatic heterocycles. The van der Waals surface area contributed by atoms with Crippen molar-refractivity contribution in [1.29, 1.82) is 0 Å². The van der Waals surface area contributed by atoms with E-state index in [4.69, 9.17) is 19.1 Å². The van der Waals surface area contributed by atoms with Gasteiger partial charge in [0.2, 0.25) is 0 Å². The van der Waals surface area contributed by atoms with Gasteiger partial charge in [-0.05, 0) is 12.1 Å². The summed E-state index contributed by atoms with van der Waals surface area (Å²) in [6, 6.07) is 4.25. The Bertz CT molecular complexity index is 661. The second-order valence-electron chi connectivity index (χ2n) is 3.80. The molecule has 0 aliphatic rings. The molecule has 7 nitrogen and oxygen atoms in total. The average Bonchev–Trinajstić information content (AvgIpc) is 2.95. The van der Waals surface area contributed by atoms with E-state index in [-0.39, 0.29) is 11.5 Å². The van der Waals surface area contributed by atoms with Crippen LogP contribution in [0, 0.1) is 0 Å². The second kappa shape index (κ2) is 5.43. The molecule has 1 heterocycles. The van der Waals surface area contributed by atoms with Crippen molar-refractivity contribution in [1.82, 2.24) is 5.16 Å². The van der Waals surface area contributed by atoms with Crippen molar-refractivity contribution >= 4 is 12.3 Å². The van der Waals surface area contributed by atoms with E-state index in [1.54, 1.807) is 0 Å². The number of nitrogens with zero attached hydrogens (tertiary/aromatic N) is 1. The predicted molar refractivity (Wildman–Crippen MR) is 67.4 cm³/mol. The number of rotatable bonds is 5. The highest BCUT2D eigenvalue weighted by atomic mass is 16.5. The predicted octanol–water partition coefficient (Wildman–Crippen LogP) is 1.87. The van der Waals surface area contributed by atoms with Crippen molar-refractivity contribution in [2.45, 2.75) is 0 Å². The summed E-state index contributed by atoms with van der Waals surface area (Å²) in [4.78, 5) is 21.7. The van der Waals surface area contributed by atoms with Crippen LogP contribution in [0.4, 0.5) is 0 Å². The first-order chi connectivity index (χ1) is 9.60. The molecule has 0 fully saturated rings. The molecule has 2 rings (SSSR count). The van der Waals surface area contributed by atoms with Crippen molar-refractivity contribution < 1.29 is 28.7 Å². The molecule has 0 saturated heterocycles. The summed E-state index contributed by atoms with van der Waals surface area (Å²) in [6.07, 6.45) is 0.639. The molecule has 0 saturated carbocycles. The number of methoxy groups -OCH3 is 2. The van der Waals surface area contributed by atoms with Crippen molar-refractivity contribution in [2.75, 3.05) is 14.2 Å². The van der Waals surface area contributed by atoms with Crippen LogP contribution in [0.5, 0.6) is 11.5 Å². The third kappa shape index (κ3) is 2.33. The lowest BCUT2D eigenvalue weighted by molar-refractivity contribution is 0.0685. The molecule has 0 radical (unpaired) electrons. The van der Waals surface area contributed by atoms with E-state index < -0.39 is 5.97 Å². The number of aromatic nitrogens is 1. The number of hydrogen-bond acceptors (Lipinski definition) is 6. The van der Waals surface area contributed by atoms with Crippen LogP contribution in [-0.2, 0) is 0 Å². The number of benzene rings is 1. The molecule has 0 bridgehead atoms. The fourth-order valence-electron chi connectivity index (χ4n) is 1.74. The number of hydrogen-bond donors (Lipinski definition) is 1. The maximum atomic E-state index is 10.9. The number of carbonyl (C=O) groups is 2. The summed E-state index contributed by atoms with van der Waals surface area (Å²) in [7, 11) is 2.86. The van der Waals surface area contributed by atoms with E-state index >= 15 is 0 Å². The van der Waals surface area contributed by atoms with Gasteiger partial charge in [-0.2, -0.15) is 0 Å². The summed E-state index contributed by atoms with van der Waals surface area (Å²) in [6.45, 7) is 0. The minimum absolute atomic E-state index is 0.168. The molecule has 0 amide bonds. The van der Waals surface area contributed by atoms with Gasteiger partial charge in [-0.15, -0.1) is 0 Å². The summed E-state index contributed by atoms with van der Waals surface area (Å²) < 4.78 is 15.3. The van der Waals surface area contributed by atoms with Crippen molar-refractivity contribution in [3.8, 4) is 22.8 Å². The Balaban J connectivity index is 2.63. The fourth-order valence-corrected chi connectivity index (χ4v) is 1.74. The molecule has 2 aromatic rings. The Morgan fingerprint density at radius 2 is 2.05 bits per heavy atom. The lowest BCUT2D eigenvalue weighted by Crippen LogP contribution is -1.96. The molecule has 20 heavy (non-hydrogen) atoms. The van der Waals surface area contributed by atoms with Crippen LogP contribution in [-0.4, -0.2) is 36.7 Å². The van der Waals surface area contributed by atoms with E-state index in [1.165, 1.54) is 32.4 Å². The molecule has 0 spiro atoms. The van der Waals surface area contributed by atoms with Crippen LogP contribution >= 0.6 is 0 Å². The summed E-state index contributed by atoms with van der Waals surface area (Å²) in [5, 5.41) is 12.3. The molecular weight excluding hydrogens is 266 g/mol. The van der Waals surface area contributed by atoms with Gasteiger partial charge in [0.05, 0.1) is 19.8 Å². The number of aldehydes is 1. The van der Waals surface area contributed by atoms with Gasteiger partial charge < -0.3 is 19.1 Å². The van der Waals surface area contributed by atoms with Gasteiger partial charge in [0, 0.05) is 11.6 Å². The first-order valence-corrected chi connectivity index (χ1v) is 5.52. The summed E-state index contributed by atoms with van der Waals surface area (Å²) >= 11 is 0. The topological polar surface area (TPSA) is 98.9 Å². The number of aromatic carboxylic acids is 1. The van der Waals surface area contributed by atoms with E-state index in [1.807, 2.05) is 0 Å². The number of carbonyl (C=O) groups excluding carboxylic acids is 1. The van der Waals surface area contributed by atoms with Gasteiger partial charge in [0.15, 0.2) is 23.0 Å². The van der Waals surface area contributed by atoms with Crippen LogP contribution in [0.2, 0.25) is 0 Å². The van der Waals surface area contributed by atoms with Gasteiger partial charge in [0.1, 0.15) is 6.29 Å². The zero-order valence-corrected chi connectivity index (χ0v) is 10.7. The van der Waals surface area contributed by atoms with E-state index in [9.17, 15) is 9.59 Å². The Hall–Kier alpha value is -2.83. The molecule has 1 aromatic carbocycles. The van der Waals surface area contributed by atoms with E-state index in [0.717, 1.165) is 0 Å². The highest BCUT2D eigenvalue weighted by Gasteiger charge is 2.19. The second-order valence-corrected chi connectivity index (χ2v) is 3.80. The Morgan fingerprint density at radius 1 is 1.30 bits per heavy atom. The van der Waals surface area contributed by atoms with Gasteiger partial charge >= 0.3 is 5.97 Å². The van der Waals surface area contributed by atoms with Crippen LogP contribution < -0.4 is 9.47 Å². The number of carboxylic acids is 1. The van der Waals surface area contributed by atoms with Crippen molar-refractivity contribution in [3.05, 3.63) is 29.5 Å². The molecule has 1 N–H and O–H groups in total. The quantitative estimate of drug-likeness (QED) is 0.833. The van der Waals surface area contributed by atoms with Crippen LogP contribution in [0.3, 0.4) is 0 Å². The number of carboxylic acid groups (broad SMARTS) is 1. The fraction of sp³-hybridized carbons (Fsp3) is 0.154. The first-order valence-electron chi connectivity index (χ1n) is 5.52. The number of ether oxygens (including phenoxy) is 2. The zero-order valence-electron chi connectivity index (χ0n) is 10.7. The molecule has 0 aliphatic carbocycles. The Kier molecular flexibility index (Phi) is 3.69. The van der Waals surface area contributed by atoms with E-state index in [2.05, 4.69) is 5.16 Å². The largest absolute Gasteiger partial charge is 0.493 e.